The molecule has 2 aromatic rings. The SMILES string of the molecule is OC(Cc1cc(Br)cc2c1OCC2)c1ccc(Br)cn1. The van der Waals surface area contributed by atoms with E-state index in [0.717, 1.165) is 26.7 Å². The molecule has 1 aromatic carbocycles. The van der Waals surface area contributed by atoms with Crippen LogP contribution in [0.4, 0.5) is 0 Å². The summed E-state index contributed by atoms with van der Waals surface area (Å²) in [5, 5.41) is 10.3. The van der Waals surface area contributed by atoms with Crippen LogP contribution in [-0.4, -0.2) is 16.7 Å². The van der Waals surface area contributed by atoms with Crippen molar-refractivity contribution in [1.29, 1.82) is 0 Å². The van der Waals surface area contributed by atoms with E-state index < -0.39 is 6.10 Å². The van der Waals surface area contributed by atoms with Crippen molar-refractivity contribution in [3.63, 3.8) is 0 Å². The van der Waals surface area contributed by atoms with Gasteiger partial charge in [-0.1, -0.05) is 15.9 Å². The summed E-state index contributed by atoms with van der Waals surface area (Å²) in [5.41, 5.74) is 2.88. The highest BCUT2D eigenvalue weighted by Crippen LogP contribution is 2.35. The molecule has 1 aromatic heterocycles. The number of rotatable bonds is 3. The number of benzene rings is 1. The minimum atomic E-state index is -0.634. The Bertz CT molecular complexity index is 629. The summed E-state index contributed by atoms with van der Waals surface area (Å²) < 4.78 is 7.60. The van der Waals surface area contributed by atoms with Crippen molar-refractivity contribution >= 4 is 31.9 Å². The van der Waals surface area contributed by atoms with Gasteiger partial charge in [0.1, 0.15) is 11.9 Å². The highest BCUT2D eigenvalue weighted by atomic mass is 79.9. The van der Waals surface area contributed by atoms with E-state index in [1.165, 1.54) is 5.56 Å². The predicted molar refractivity (Wildman–Crippen MR) is 83.9 cm³/mol. The molecule has 0 spiro atoms. The van der Waals surface area contributed by atoms with Crippen molar-refractivity contribution in [1.82, 2.24) is 4.98 Å². The molecule has 3 nitrogen and oxygen atoms in total. The molecule has 104 valence electrons. The Morgan fingerprint density at radius 1 is 1.25 bits per heavy atom. The number of aromatic nitrogens is 1. The van der Waals surface area contributed by atoms with Crippen molar-refractivity contribution in [2.45, 2.75) is 18.9 Å². The molecule has 5 heteroatoms. The monoisotopic (exact) mass is 397 g/mol. The maximum Gasteiger partial charge on any atom is 0.125 e. The number of hydrogen-bond acceptors (Lipinski definition) is 3. The Kier molecular flexibility index (Phi) is 4.10. The van der Waals surface area contributed by atoms with Gasteiger partial charge in [0.15, 0.2) is 0 Å². The van der Waals surface area contributed by atoms with Crippen LogP contribution in [0.15, 0.2) is 39.4 Å². The van der Waals surface area contributed by atoms with E-state index >= 15 is 0 Å². The maximum atomic E-state index is 10.3. The fourth-order valence-electron chi connectivity index (χ4n) is 2.39. The summed E-state index contributed by atoms with van der Waals surface area (Å²) >= 11 is 6.85. The van der Waals surface area contributed by atoms with E-state index in [4.69, 9.17) is 4.74 Å². The molecular formula is C15H13Br2NO2. The number of hydrogen-bond donors (Lipinski definition) is 1. The van der Waals surface area contributed by atoms with Crippen LogP contribution in [0.5, 0.6) is 5.75 Å². The van der Waals surface area contributed by atoms with Crippen LogP contribution in [0.2, 0.25) is 0 Å². The average molecular weight is 399 g/mol. The van der Waals surface area contributed by atoms with Gasteiger partial charge in [-0.25, -0.2) is 0 Å². The first-order chi connectivity index (χ1) is 9.63. The van der Waals surface area contributed by atoms with Crippen molar-refractivity contribution in [3.8, 4) is 5.75 Å². The van der Waals surface area contributed by atoms with Crippen LogP contribution in [0.1, 0.15) is 22.9 Å². The average Bonchev–Trinajstić information content (AvgIpc) is 2.87. The van der Waals surface area contributed by atoms with E-state index in [1.807, 2.05) is 18.2 Å². The fourth-order valence-corrected chi connectivity index (χ4v) is 3.18. The molecule has 0 radical (unpaired) electrons. The number of aliphatic hydroxyl groups excluding tert-OH is 1. The second-order valence-corrected chi connectivity index (χ2v) is 6.60. The Labute approximate surface area is 134 Å². The minimum Gasteiger partial charge on any atom is -0.493 e. The molecule has 1 aliphatic rings. The van der Waals surface area contributed by atoms with E-state index in [2.05, 4.69) is 42.9 Å². The Morgan fingerprint density at radius 2 is 2.10 bits per heavy atom. The summed E-state index contributed by atoms with van der Waals surface area (Å²) in [4.78, 5) is 4.24. The van der Waals surface area contributed by atoms with Crippen LogP contribution < -0.4 is 4.74 Å². The Balaban J connectivity index is 1.86. The molecule has 0 saturated heterocycles. The third-order valence-electron chi connectivity index (χ3n) is 3.33. The lowest BCUT2D eigenvalue weighted by molar-refractivity contribution is 0.172. The van der Waals surface area contributed by atoms with E-state index in [0.29, 0.717) is 18.7 Å². The third-order valence-corrected chi connectivity index (χ3v) is 4.26. The lowest BCUT2D eigenvalue weighted by atomic mass is 10.0. The first-order valence-corrected chi connectivity index (χ1v) is 7.95. The van der Waals surface area contributed by atoms with Gasteiger partial charge < -0.3 is 9.84 Å². The lowest BCUT2D eigenvalue weighted by Gasteiger charge is -2.13. The zero-order chi connectivity index (χ0) is 14.1. The van der Waals surface area contributed by atoms with E-state index in [1.54, 1.807) is 6.20 Å². The van der Waals surface area contributed by atoms with Crippen LogP contribution in [0.3, 0.4) is 0 Å². The number of pyridine rings is 1. The third kappa shape index (κ3) is 2.90. The molecule has 3 rings (SSSR count). The largest absolute Gasteiger partial charge is 0.493 e. The van der Waals surface area contributed by atoms with Gasteiger partial charge in [0, 0.05) is 28.0 Å². The van der Waals surface area contributed by atoms with Crippen molar-refractivity contribution in [3.05, 3.63) is 56.2 Å². The number of nitrogens with zero attached hydrogens (tertiary/aromatic N) is 1. The highest BCUT2D eigenvalue weighted by molar-refractivity contribution is 9.10. The zero-order valence-electron chi connectivity index (χ0n) is 10.6. The summed E-state index contributed by atoms with van der Waals surface area (Å²) in [6.45, 7) is 0.714. The standard InChI is InChI=1S/C15H13Br2NO2/c16-11-1-2-13(18-8-11)14(19)7-10-6-12(17)5-9-3-4-20-15(9)10/h1-2,5-6,8,14,19H,3-4,7H2. The van der Waals surface area contributed by atoms with Crippen LogP contribution >= 0.6 is 31.9 Å². The molecule has 1 N–H and O–H groups in total. The Morgan fingerprint density at radius 3 is 2.85 bits per heavy atom. The second-order valence-electron chi connectivity index (χ2n) is 4.77. The molecule has 1 aliphatic heterocycles. The molecule has 1 unspecified atom stereocenters. The van der Waals surface area contributed by atoms with Gasteiger partial charge >= 0.3 is 0 Å². The van der Waals surface area contributed by atoms with Gasteiger partial charge in [0.05, 0.1) is 12.3 Å². The zero-order valence-corrected chi connectivity index (χ0v) is 13.8. The van der Waals surface area contributed by atoms with Crippen molar-refractivity contribution < 1.29 is 9.84 Å². The lowest BCUT2D eigenvalue weighted by Crippen LogP contribution is -2.05. The van der Waals surface area contributed by atoms with Gasteiger partial charge in [-0.15, -0.1) is 0 Å². The van der Waals surface area contributed by atoms with Crippen LogP contribution in [0, 0.1) is 0 Å². The summed E-state index contributed by atoms with van der Waals surface area (Å²) in [6.07, 6.45) is 2.48. The second kappa shape index (κ2) is 5.84. The molecular weight excluding hydrogens is 386 g/mol. The first-order valence-electron chi connectivity index (χ1n) is 6.37. The maximum absolute atomic E-state index is 10.3. The van der Waals surface area contributed by atoms with E-state index in [-0.39, 0.29) is 0 Å². The fraction of sp³-hybridized carbons (Fsp3) is 0.267. The van der Waals surface area contributed by atoms with Crippen molar-refractivity contribution in [2.24, 2.45) is 0 Å². The number of fused-ring (bicyclic) bond motifs is 1. The van der Waals surface area contributed by atoms with E-state index in [9.17, 15) is 5.11 Å². The van der Waals surface area contributed by atoms with Gasteiger partial charge in [-0.2, -0.15) is 0 Å². The molecule has 0 aliphatic carbocycles. The van der Waals surface area contributed by atoms with Crippen LogP contribution in [0.25, 0.3) is 0 Å². The summed E-state index contributed by atoms with van der Waals surface area (Å²) in [7, 11) is 0. The molecule has 2 heterocycles. The molecule has 0 saturated carbocycles. The number of ether oxygens (including phenoxy) is 1. The molecule has 0 fully saturated rings. The van der Waals surface area contributed by atoms with Gasteiger partial charge in [0.25, 0.3) is 0 Å². The predicted octanol–water partition coefficient (Wildman–Crippen LogP) is 3.82. The molecule has 0 amide bonds. The quantitative estimate of drug-likeness (QED) is 0.854. The number of aliphatic hydroxyl groups is 1. The normalized spacial score (nSPS) is 14.8. The first kappa shape index (κ1) is 14.0. The van der Waals surface area contributed by atoms with Crippen molar-refractivity contribution in [2.75, 3.05) is 6.61 Å². The van der Waals surface area contributed by atoms with Gasteiger partial charge in [-0.05, 0) is 51.3 Å². The highest BCUT2D eigenvalue weighted by Gasteiger charge is 2.20. The number of halogens is 2. The molecule has 1 atom stereocenters. The topological polar surface area (TPSA) is 42.4 Å². The Hall–Kier alpha value is -0.910. The van der Waals surface area contributed by atoms with Gasteiger partial charge in [0.2, 0.25) is 0 Å². The van der Waals surface area contributed by atoms with Crippen LogP contribution in [-0.2, 0) is 12.8 Å². The molecule has 20 heavy (non-hydrogen) atoms. The minimum absolute atomic E-state index is 0.496. The summed E-state index contributed by atoms with van der Waals surface area (Å²) in [5.74, 6) is 0.921. The summed E-state index contributed by atoms with van der Waals surface area (Å²) in [6, 6.07) is 7.80. The smallest absolute Gasteiger partial charge is 0.125 e. The van der Waals surface area contributed by atoms with Gasteiger partial charge in [-0.3, -0.25) is 4.98 Å². The molecule has 0 bridgehead atoms.